The van der Waals surface area contributed by atoms with E-state index in [-0.39, 0.29) is 5.97 Å². The van der Waals surface area contributed by atoms with Gasteiger partial charge in [-0.2, -0.15) is 5.26 Å². The molecule has 0 unspecified atom stereocenters. The lowest BCUT2D eigenvalue weighted by atomic mass is 10.0. The third-order valence-corrected chi connectivity index (χ3v) is 2.57. The number of rotatable bonds is 9. The van der Waals surface area contributed by atoms with Gasteiger partial charge in [0.1, 0.15) is 5.92 Å². The van der Waals surface area contributed by atoms with Gasteiger partial charge in [-0.15, -0.1) is 0 Å². The fourth-order valence-electron chi connectivity index (χ4n) is 1.61. The van der Waals surface area contributed by atoms with Gasteiger partial charge in [0.05, 0.1) is 12.7 Å². The van der Waals surface area contributed by atoms with E-state index in [0.29, 0.717) is 13.0 Å². The normalized spacial score (nSPS) is 11.8. The highest BCUT2D eigenvalue weighted by atomic mass is 16.5. The summed E-state index contributed by atoms with van der Waals surface area (Å²) in [4.78, 5) is 11.3. The molecule has 0 amide bonds. The van der Waals surface area contributed by atoms with Crippen LogP contribution >= 0.6 is 0 Å². The van der Waals surface area contributed by atoms with Crippen LogP contribution < -0.4 is 0 Å². The molecule has 0 aliphatic rings. The molecule has 0 aromatic rings. The van der Waals surface area contributed by atoms with Gasteiger partial charge in [0.15, 0.2) is 0 Å². The summed E-state index contributed by atoms with van der Waals surface area (Å²) in [6.07, 6.45) is 7.67. The van der Waals surface area contributed by atoms with E-state index in [1.54, 1.807) is 6.92 Å². The number of hydrogen-bond acceptors (Lipinski definition) is 3. The first-order valence-corrected chi connectivity index (χ1v) is 6.32. The summed E-state index contributed by atoms with van der Waals surface area (Å²) < 4.78 is 4.83. The molecule has 3 heteroatoms. The Morgan fingerprint density at radius 2 is 1.81 bits per heavy atom. The minimum atomic E-state index is -0.564. The smallest absolute Gasteiger partial charge is 0.323 e. The molecule has 0 saturated heterocycles. The lowest BCUT2D eigenvalue weighted by molar-refractivity contribution is -0.146. The van der Waals surface area contributed by atoms with Crippen LogP contribution in [0.5, 0.6) is 0 Å². The fourth-order valence-corrected chi connectivity index (χ4v) is 1.61. The van der Waals surface area contributed by atoms with E-state index < -0.39 is 5.92 Å². The third-order valence-electron chi connectivity index (χ3n) is 2.57. The van der Waals surface area contributed by atoms with Crippen LogP contribution in [0.1, 0.15) is 58.8 Å². The van der Waals surface area contributed by atoms with Crippen molar-refractivity contribution in [3.05, 3.63) is 0 Å². The van der Waals surface area contributed by atoms with Crippen molar-refractivity contribution in [1.82, 2.24) is 0 Å². The van der Waals surface area contributed by atoms with Crippen LogP contribution in [0, 0.1) is 17.2 Å². The van der Waals surface area contributed by atoms with E-state index in [1.807, 2.05) is 6.07 Å². The van der Waals surface area contributed by atoms with E-state index in [0.717, 1.165) is 12.8 Å². The number of nitriles is 1. The number of nitrogens with zero attached hydrogens (tertiary/aromatic N) is 1. The molecule has 1 atom stereocenters. The number of esters is 1. The van der Waals surface area contributed by atoms with E-state index in [4.69, 9.17) is 10.00 Å². The predicted molar refractivity (Wildman–Crippen MR) is 63.7 cm³/mol. The molecular weight excluding hydrogens is 202 g/mol. The van der Waals surface area contributed by atoms with Crippen molar-refractivity contribution in [1.29, 1.82) is 5.26 Å². The summed E-state index contributed by atoms with van der Waals surface area (Å²) in [6.45, 7) is 4.30. The van der Waals surface area contributed by atoms with Crippen molar-refractivity contribution in [2.75, 3.05) is 6.61 Å². The van der Waals surface area contributed by atoms with Gasteiger partial charge in [0, 0.05) is 0 Å². The molecule has 92 valence electrons. The van der Waals surface area contributed by atoms with Gasteiger partial charge in [0.2, 0.25) is 0 Å². The van der Waals surface area contributed by atoms with Gasteiger partial charge in [-0.25, -0.2) is 0 Å². The summed E-state index contributed by atoms with van der Waals surface area (Å²) in [6, 6.07) is 2.01. The molecule has 0 fully saturated rings. The Bertz CT molecular complexity index is 220. The average Bonchev–Trinajstić information content (AvgIpc) is 2.28. The van der Waals surface area contributed by atoms with Gasteiger partial charge >= 0.3 is 5.97 Å². The van der Waals surface area contributed by atoms with Gasteiger partial charge in [0.25, 0.3) is 0 Å². The van der Waals surface area contributed by atoms with Gasteiger partial charge < -0.3 is 4.74 Å². The van der Waals surface area contributed by atoms with E-state index in [2.05, 4.69) is 6.92 Å². The number of carbonyl (C=O) groups is 1. The van der Waals surface area contributed by atoms with E-state index >= 15 is 0 Å². The number of unbranched alkanes of at least 4 members (excludes halogenated alkanes) is 5. The summed E-state index contributed by atoms with van der Waals surface area (Å²) >= 11 is 0. The molecule has 0 spiro atoms. The Labute approximate surface area is 98.8 Å². The largest absolute Gasteiger partial charge is 0.465 e. The standard InChI is InChI=1S/C13H23NO2/c1-3-5-6-7-8-9-10-12(11-14)13(15)16-4-2/h12H,3-10H2,1-2H3/t12-/m1/s1. The zero-order chi connectivity index (χ0) is 12.2. The van der Waals surface area contributed by atoms with Crippen molar-refractivity contribution in [3.63, 3.8) is 0 Å². The lowest BCUT2D eigenvalue weighted by Gasteiger charge is -2.07. The van der Waals surface area contributed by atoms with Crippen LogP contribution in [0.25, 0.3) is 0 Å². The van der Waals surface area contributed by atoms with Crippen molar-refractivity contribution in [2.24, 2.45) is 5.92 Å². The van der Waals surface area contributed by atoms with Crippen molar-refractivity contribution < 1.29 is 9.53 Å². The quantitative estimate of drug-likeness (QED) is 0.446. The molecule has 0 aliphatic carbocycles. The van der Waals surface area contributed by atoms with Crippen LogP contribution in [0.15, 0.2) is 0 Å². The number of ether oxygens (including phenoxy) is 1. The monoisotopic (exact) mass is 225 g/mol. The maximum Gasteiger partial charge on any atom is 0.323 e. The molecule has 0 aromatic heterocycles. The Morgan fingerprint density at radius 3 is 2.38 bits per heavy atom. The maximum absolute atomic E-state index is 11.3. The molecule has 3 nitrogen and oxygen atoms in total. The zero-order valence-electron chi connectivity index (χ0n) is 10.5. The first-order chi connectivity index (χ1) is 7.76. The molecule has 0 heterocycles. The Morgan fingerprint density at radius 1 is 1.19 bits per heavy atom. The van der Waals surface area contributed by atoms with Crippen LogP contribution in [-0.2, 0) is 9.53 Å². The fraction of sp³-hybridized carbons (Fsp3) is 0.846. The summed E-state index contributed by atoms with van der Waals surface area (Å²) in [5.74, 6) is -0.926. The first-order valence-electron chi connectivity index (χ1n) is 6.32. The lowest BCUT2D eigenvalue weighted by Crippen LogP contribution is -2.16. The van der Waals surface area contributed by atoms with Gasteiger partial charge in [-0.3, -0.25) is 4.79 Å². The third kappa shape index (κ3) is 7.28. The molecule has 16 heavy (non-hydrogen) atoms. The SMILES string of the molecule is CCCCCCCC[C@H](C#N)C(=O)OCC. The number of carbonyl (C=O) groups excluding carboxylic acids is 1. The molecule has 0 radical (unpaired) electrons. The van der Waals surface area contributed by atoms with Crippen LogP contribution in [-0.4, -0.2) is 12.6 Å². The molecule has 0 aliphatic heterocycles. The van der Waals surface area contributed by atoms with E-state index in [1.165, 1.54) is 25.7 Å². The van der Waals surface area contributed by atoms with Crippen LogP contribution in [0.4, 0.5) is 0 Å². The van der Waals surface area contributed by atoms with Crippen molar-refractivity contribution in [2.45, 2.75) is 58.8 Å². The van der Waals surface area contributed by atoms with Crippen molar-refractivity contribution in [3.8, 4) is 6.07 Å². The summed E-state index contributed by atoms with van der Waals surface area (Å²) in [5, 5.41) is 8.81. The Kier molecular flexibility index (Phi) is 9.80. The molecule has 0 N–H and O–H groups in total. The minimum absolute atomic E-state index is 0.355. The number of hydrogen-bond donors (Lipinski definition) is 0. The van der Waals surface area contributed by atoms with Crippen LogP contribution in [0.3, 0.4) is 0 Å². The summed E-state index contributed by atoms with van der Waals surface area (Å²) in [7, 11) is 0. The second-order valence-corrected chi connectivity index (χ2v) is 3.99. The van der Waals surface area contributed by atoms with Crippen LogP contribution in [0.2, 0.25) is 0 Å². The second-order valence-electron chi connectivity index (χ2n) is 3.99. The highest BCUT2D eigenvalue weighted by Gasteiger charge is 2.17. The van der Waals surface area contributed by atoms with Crippen molar-refractivity contribution >= 4 is 5.97 Å². The Balaban J connectivity index is 3.56. The molecule has 0 aromatic carbocycles. The minimum Gasteiger partial charge on any atom is -0.465 e. The topological polar surface area (TPSA) is 50.1 Å². The highest BCUT2D eigenvalue weighted by molar-refractivity contribution is 5.75. The predicted octanol–water partition coefficient (Wildman–Crippen LogP) is 3.44. The molecule has 0 rings (SSSR count). The van der Waals surface area contributed by atoms with E-state index in [9.17, 15) is 4.79 Å². The van der Waals surface area contributed by atoms with Gasteiger partial charge in [-0.1, -0.05) is 45.4 Å². The summed E-state index contributed by atoms with van der Waals surface area (Å²) in [5.41, 5.74) is 0. The Hall–Kier alpha value is -1.04. The van der Waals surface area contributed by atoms with Gasteiger partial charge in [-0.05, 0) is 13.3 Å². The average molecular weight is 225 g/mol. The second kappa shape index (κ2) is 10.5. The zero-order valence-corrected chi connectivity index (χ0v) is 10.5. The first kappa shape index (κ1) is 15.0. The maximum atomic E-state index is 11.3. The molecule has 0 saturated carbocycles. The molecular formula is C13H23NO2. The highest BCUT2D eigenvalue weighted by Crippen LogP contribution is 2.13. The molecule has 0 bridgehead atoms.